The Morgan fingerprint density at radius 1 is 1.29 bits per heavy atom. The van der Waals surface area contributed by atoms with Gasteiger partial charge in [-0.3, -0.25) is 4.90 Å². The molecule has 90 valence electrons. The summed E-state index contributed by atoms with van der Waals surface area (Å²) in [6.07, 6.45) is -2.17. The van der Waals surface area contributed by atoms with Gasteiger partial charge in [-0.1, -0.05) is 18.2 Å². The Bertz CT molecular complexity index is 482. The van der Waals surface area contributed by atoms with Gasteiger partial charge < -0.3 is 4.98 Å². The molecule has 1 aromatic heterocycles. The summed E-state index contributed by atoms with van der Waals surface area (Å²) in [5.74, 6) is -0.431. The number of H-pyrrole nitrogens is 1. The Labute approximate surface area is 98.2 Å². The summed E-state index contributed by atoms with van der Waals surface area (Å²) in [4.78, 5) is 5.35. The molecule has 1 N–H and O–H groups in total. The van der Waals surface area contributed by atoms with Crippen LogP contribution in [0.15, 0.2) is 30.3 Å². The van der Waals surface area contributed by atoms with Crippen LogP contribution in [0.4, 0.5) is 8.78 Å². The maximum Gasteiger partial charge on any atom is 0.243 e. The second-order valence-corrected chi connectivity index (χ2v) is 4.67. The third-order valence-electron chi connectivity index (χ3n) is 3.32. The van der Waals surface area contributed by atoms with Crippen molar-refractivity contribution >= 4 is 10.9 Å². The van der Waals surface area contributed by atoms with E-state index in [2.05, 4.69) is 11.1 Å². The lowest BCUT2D eigenvalue weighted by Crippen LogP contribution is -2.49. The number of benzene rings is 1. The number of nitrogens with zero attached hydrogens (tertiary/aromatic N) is 1. The van der Waals surface area contributed by atoms with Gasteiger partial charge in [0.15, 0.2) is 0 Å². The summed E-state index contributed by atoms with van der Waals surface area (Å²) < 4.78 is 24.6. The average Bonchev–Trinajstić information content (AvgIpc) is 2.64. The highest BCUT2D eigenvalue weighted by atomic mass is 19.3. The van der Waals surface area contributed by atoms with E-state index in [9.17, 15) is 8.78 Å². The summed E-state index contributed by atoms with van der Waals surface area (Å²) in [6, 6.07) is 10.1. The topological polar surface area (TPSA) is 19.0 Å². The third-order valence-corrected chi connectivity index (χ3v) is 3.32. The highest BCUT2D eigenvalue weighted by molar-refractivity contribution is 5.80. The standard InChI is InChI=1S/C13H14F2N2/c14-13(15)10-6-17(7-10)8-11-5-9-3-1-2-4-12(9)16-11/h1-5,10,13,16H,6-8H2. The van der Waals surface area contributed by atoms with Gasteiger partial charge in [-0.15, -0.1) is 0 Å². The number of nitrogens with one attached hydrogen (secondary N) is 1. The second-order valence-electron chi connectivity index (χ2n) is 4.67. The fourth-order valence-corrected chi connectivity index (χ4v) is 2.36. The molecule has 0 unspecified atom stereocenters. The average molecular weight is 236 g/mol. The number of likely N-dealkylation sites (tertiary alicyclic amines) is 1. The molecule has 0 spiro atoms. The Morgan fingerprint density at radius 2 is 2.06 bits per heavy atom. The first kappa shape index (κ1) is 10.7. The third kappa shape index (κ3) is 2.05. The molecular formula is C13H14F2N2. The van der Waals surface area contributed by atoms with Crippen molar-refractivity contribution in [2.75, 3.05) is 13.1 Å². The summed E-state index contributed by atoms with van der Waals surface area (Å²) in [6.45, 7) is 1.75. The van der Waals surface area contributed by atoms with E-state index in [-0.39, 0.29) is 0 Å². The van der Waals surface area contributed by atoms with E-state index in [0.717, 1.165) is 17.8 Å². The largest absolute Gasteiger partial charge is 0.357 e. The first-order valence-corrected chi connectivity index (χ1v) is 5.79. The van der Waals surface area contributed by atoms with Gasteiger partial charge in [0, 0.05) is 36.8 Å². The molecule has 0 saturated carbocycles. The number of para-hydroxylation sites is 1. The molecule has 2 heterocycles. The lowest BCUT2D eigenvalue weighted by atomic mass is 10.0. The van der Waals surface area contributed by atoms with Crippen molar-refractivity contribution < 1.29 is 8.78 Å². The van der Waals surface area contributed by atoms with Gasteiger partial charge in [-0.05, 0) is 17.5 Å². The normalized spacial score (nSPS) is 17.8. The molecule has 1 aromatic carbocycles. The van der Waals surface area contributed by atoms with E-state index in [1.165, 1.54) is 5.39 Å². The monoisotopic (exact) mass is 236 g/mol. The summed E-state index contributed by atoms with van der Waals surface area (Å²) in [5.41, 5.74) is 2.20. The smallest absolute Gasteiger partial charge is 0.243 e. The van der Waals surface area contributed by atoms with E-state index < -0.39 is 12.3 Å². The van der Waals surface area contributed by atoms with Crippen LogP contribution in [0.3, 0.4) is 0 Å². The van der Waals surface area contributed by atoms with Crippen LogP contribution in [-0.4, -0.2) is 29.4 Å². The zero-order valence-corrected chi connectivity index (χ0v) is 9.37. The van der Waals surface area contributed by atoms with Gasteiger partial charge in [0.2, 0.25) is 6.43 Å². The fraction of sp³-hybridized carbons (Fsp3) is 0.385. The second kappa shape index (κ2) is 4.11. The van der Waals surface area contributed by atoms with E-state index in [4.69, 9.17) is 0 Å². The Hall–Kier alpha value is -1.42. The van der Waals surface area contributed by atoms with Gasteiger partial charge in [0.25, 0.3) is 0 Å². The van der Waals surface area contributed by atoms with Crippen LogP contribution in [0.1, 0.15) is 5.69 Å². The Kier molecular flexibility index (Phi) is 2.59. The van der Waals surface area contributed by atoms with Crippen molar-refractivity contribution in [3.05, 3.63) is 36.0 Å². The number of rotatable bonds is 3. The van der Waals surface area contributed by atoms with Crippen LogP contribution in [0.5, 0.6) is 0 Å². The van der Waals surface area contributed by atoms with E-state index in [0.29, 0.717) is 13.1 Å². The van der Waals surface area contributed by atoms with Gasteiger partial charge in [0.1, 0.15) is 0 Å². The zero-order chi connectivity index (χ0) is 11.8. The van der Waals surface area contributed by atoms with Crippen LogP contribution in [0.2, 0.25) is 0 Å². The first-order chi connectivity index (χ1) is 8.22. The van der Waals surface area contributed by atoms with E-state index in [1.807, 2.05) is 29.2 Å². The SMILES string of the molecule is FC(F)C1CN(Cc2cc3ccccc3[nH]2)C1. The lowest BCUT2D eigenvalue weighted by Gasteiger charge is -2.38. The molecule has 1 aliphatic heterocycles. The Balaban J connectivity index is 1.66. The first-order valence-electron chi connectivity index (χ1n) is 5.79. The molecule has 0 bridgehead atoms. The summed E-state index contributed by atoms with van der Waals surface area (Å²) >= 11 is 0. The molecule has 0 radical (unpaired) electrons. The van der Waals surface area contributed by atoms with Crippen molar-refractivity contribution in [1.82, 2.24) is 9.88 Å². The summed E-state index contributed by atoms with van der Waals surface area (Å²) in [5, 5.41) is 1.17. The molecule has 4 heteroatoms. The number of aromatic nitrogens is 1. The van der Waals surface area contributed by atoms with Crippen LogP contribution in [0, 0.1) is 5.92 Å². The molecule has 3 rings (SSSR count). The molecule has 1 fully saturated rings. The molecule has 1 saturated heterocycles. The molecule has 2 nitrogen and oxygen atoms in total. The lowest BCUT2D eigenvalue weighted by molar-refractivity contribution is -0.0283. The number of aromatic amines is 1. The van der Waals surface area contributed by atoms with Gasteiger partial charge in [-0.25, -0.2) is 8.78 Å². The predicted molar refractivity (Wildman–Crippen MR) is 63.1 cm³/mol. The van der Waals surface area contributed by atoms with Crippen molar-refractivity contribution in [1.29, 1.82) is 0 Å². The quantitative estimate of drug-likeness (QED) is 0.868. The molecule has 0 aliphatic carbocycles. The predicted octanol–water partition coefficient (Wildman–Crippen LogP) is 2.86. The number of fused-ring (bicyclic) bond motifs is 1. The molecule has 17 heavy (non-hydrogen) atoms. The highest BCUT2D eigenvalue weighted by Crippen LogP contribution is 2.25. The van der Waals surface area contributed by atoms with Gasteiger partial charge in [0.05, 0.1) is 0 Å². The van der Waals surface area contributed by atoms with Crippen LogP contribution >= 0.6 is 0 Å². The van der Waals surface area contributed by atoms with E-state index >= 15 is 0 Å². The molecule has 0 amide bonds. The van der Waals surface area contributed by atoms with Crippen molar-refractivity contribution in [3.63, 3.8) is 0 Å². The molecule has 1 aliphatic rings. The number of halogens is 2. The van der Waals surface area contributed by atoms with Crippen molar-refractivity contribution in [3.8, 4) is 0 Å². The highest BCUT2D eigenvalue weighted by Gasteiger charge is 2.33. The minimum atomic E-state index is -2.17. The molecule has 0 atom stereocenters. The fourth-order valence-electron chi connectivity index (χ4n) is 2.36. The van der Waals surface area contributed by atoms with Crippen LogP contribution in [-0.2, 0) is 6.54 Å². The number of alkyl halides is 2. The number of hydrogen-bond acceptors (Lipinski definition) is 1. The van der Waals surface area contributed by atoms with Crippen LogP contribution < -0.4 is 0 Å². The van der Waals surface area contributed by atoms with Crippen molar-refractivity contribution in [2.45, 2.75) is 13.0 Å². The molecular weight excluding hydrogens is 222 g/mol. The van der Waals surface area contributed by atoms with Gasteiger partial charge in [-0.2, -0.15) is 0 Å². The summed E-state index contributed by atoms with van der Waals surface area (Å²) in [7, 11) is 0. The minimum Gasteiger partial charge on any atom is -0.357 e. The minimum absolute atomic E-state index is 0.431. The molecule has 2 aromatic rings. The Morgan fingerprint density at radius 3 is 2.76 bits per heavy atom. The van der Waals surface area contributed by atoms with Crippen molar-refractivity contribution in [2.24, 2.45) is 5.92 Å². The maximum absolute atomic E-state index is 12.3. The van der Waals surface area contributed by atoms with Crippen LogP contribution in [0.25, 0.3) is 10.9 Å². The van der Waals surface area contributed by atoms with Gasteiger partial charge >= 0.3 is 0 Å². The maximum atomic E-state index is 12.3. The zero-order valence-electron chi connectivity index (χ0n) is 9.37. The number of hydrogen-bond donors (Lipinski definition) is 1. The van der Waals surface area contributed by atoms with E-state index in [1.54, 1.807) is 0 Å².